The smallest absolute Gasteiger partial charge is 0.241 e. The summed E-state index contributed by atoms with van der Waals surface area (Å²) in [4.78, 5) is 25.5. The van der Waals surface area contributed by atoms with Crippen molar-refractivity contribution in [3.8, 4) is 23.0 Å². The van der Waals surface area contributed by atoms with Crippen molar-refractivity contribution < 1.29 is 28.5 Å². The van der Waals surface area contributed by atoms with Gasteiger partial charge in [-0.2, -0.15) is 0 Å². The molecule has 2 aromatic carbocycles. The van der Waals surface area contributed by atoms with Crippen molar-refractivity contribution in [3.63, 3.8) is 0 Å². The van der Waals surface area contributed by atoms with Crippen molar-refractivity contribution in [1.82, 2.24) is 0 Å². The maximum absolute atomic E-state index is 13.1. The molecule has 0 aliphatic heterocycles. The third kappa shape index (κ3) is 6.65. The maximum Gasteiger partial charge on any atom is 0.241 e. The first-order chi connectivity index (χ1) is 15.7. The number of hydrogen-bond acceptors (Lipinski definition) is 7. The Balaban J connectivity index is 0.00000578. The minimum atomic E-state index is -0.655. The molecule has 0 fully saturated rings. The van der Waals surface area contributed by atoms with Crippen LogP contribution in [-0.4, -0.2) is 46.2 Å². The van der Waals surface area contributed by atoms with Crippen LogP contribution in [0.5, 0.6) is 23.0 Å². The van der Waals surface area contributed by atoms with Crippen LogP contribution in [0, 0.1) is 5.92 Å². The summed E-state index contributed by atoms with van der Waals surface area (Å²) in [6, 6.07) is 7.80. The van der Waals surface area contributed by atoms with Crippen LogP contribution in [0.3, 0.4) is 0 Å². The van der Waals surface area contributed by atoms with Gasteiger partial charge < -0.3 is 30.0 Å². The van der Waals surface area contributed by atoms with Crippen LogP contribution >= 0.6 is 12.4 Å². The predicted molar refractivity (Wildman–Crippen MR) is 136 cm³/mol. The lowest BCUT2D eigenvalue weighted by Crippen LogP contribution is -2.39. The summed E-state index contributed by atoms with van der Waals surface area (Å²) in [7, 11) is 6.00. The molecule has 2 aromatic rings. The Labute approximate surface area is 206 Å². The van der Waals surface area contributed by atoms with Crippen LogP contribution in [0.25, 0.3) is 6.08 Å². The minimum Gasteiger partial charge on any atom is -0.495 e. The van der Waals surface area contributed by atoms with E-state index < -0.39 is 6.04 Å². The molecule has 34 heavy (non-hydrogen) atoms. The summed E-state index contributed by atoms with van der Waals surface area (Å²) in [5.74, 6) is 1.15. The van der Waals surface area contributed by atoms with E-state index in [2.05, 4.69) is 5.32 Å². The zero-order chi connectivity index (χ0) is 24.7. The molecule has 2 rings (SSSR count). The first kappa shape index (κ1) is 28.8. The molecular weight excluding hydrogens is 460 g/mol. The number of nitrogens with two attached hydrogens (primary N) is 1. The van der Waals surface area contributed by atoms with Gasteiger partial charge in [-0.3, -0.25) is 9.59 Å². The van der Waals surface area contributed by atoms with Crippen LogP contribution in [0.4, 0.5) is 5.69 Å². The van der Waals surface area contributed by atoms with Gasteiger partial charge in [-0.1, -0.05) is 19.9 Å². The normalized spacial score (nSPS) is 11.9. The van der Waals surface area contributed by atoms with Gasteiger partial charge in [0.2, 0.25) is 11.7 Å². The number of ether oxygens (including phenoxy) is 4. The molecule has 1 atom stereocenters. The number of Topliss-reactive ketones (excluding diaryl/α,β-unsaturated/α-hetero) is 1. The topological polar surface area (TPSA) is 109 Å². The standard InChI is InChI=1S/C25H32N2O6.ClH/c1-14(2)22(26)25(29)27-18-11-16(8-9-19(18)30-4)10-15(3)23(28)17-12-20(31-5)24(33-7)21(13-17)32-6;/h8-14,22H,26H2,1-7H3,(H,27,29);1H/b15-10+;/t22-;/m0./s1. The highest BCUT2D eigenvalue weighted by Crippen LogP contribution is 2.38. The molecule has 0 aromatic heterocycles. The van der Waals surface area contributed by atoms with Gasteiger partial charge in [-0.15, -0.1) is 12.4 Å². The first-order valence-corrected chi connectivity index (χ1v) is 10.4. The van der Waals surface area contributed by atoms with Gasteiger partial charge in [0.1, 0.15) is 5.75 Å². The third-order valence-corrected chi connectivity index (χ3v) is 5.17. The number of nitrogens with one attached hydrogen (secondary N) is 1. The Morgan fingerprint density at radius 3 is 1.94 bits per heavy atom. The van der Waals surface area contributed by atoms with E-state index in [1.807, 2.05) is 13.8 Å². The first-order valence-electron chi connectivity index (χ1n) is 10.4. The highest BCUT2D eigenvalue weighted by atomic mass is 35.5. The summed E-state index contributed by atoms with van der Waals surface area (Å²) >= 11 is 0. The molecule has 1 amide bonds. The molecule has 186 valence electrons. The number of carbonyl (C=O) groups excluding carboxylic acids is 2. The van der Waals surface area contributed by atoms with Crippen molar-refractivity contribution in [2.24, 2.45) is 11.7 Å². The van der Waals surface area contributed by atoms with Crippen LogP contribution in [0.15, 0.2) is 35.9 Å². The Morgan fingerprint density at radius 2 is 1.47 bits per heavy atom. The zero-order valence-corrected chi connectivity index (χ0v) is 21.4. The molecule has 0 saturated carbocycles. The average Bonchev–Trinajstić information content (AvgIpc) is 2.81. The number of amides is 1. The number of halogens is 1. The second-order valence-electron chi connectivity index (χ2n) is 7.79. The molecule has 3 N–H and O–H groups in total. The molecule has 0 bridgehead atoms. The SMILES string of the molecule is COc1ccc(/C=C(\C)C(=O)c2cc(OC)c(OC)c(OC)c2)cc1NC(=O)[C@@H](N)C(C)C.Cl. The number of methoxy groups -OCH3 is 4. The number of ketones is 1. The highest BCUT2D eigenvalue weighted by Gasteiger charge is 2.20. The van der Waals surface area contributed by atoms with E-state index in [1.165, 1.54) is 28.4 Å². The van der Waals surface area contributed by atoms with Gasteiger partial charge >= 0.3 is 0 Å². The lowest BCUT2D eigenvalue weighted by atomic mass is 10.0. The Kier molecular flexibility index (Phi) is 10.9. The number of hydrogen-bond donors (Lipinski definition) is 2. The second kappa shape index (κ2) is 12.9. The zero-order valence-electron chi connectivity index (χ0n) is 20.6. The molecule has 9 heteroatoms. The summed E-state index contributed by atoms with van der Waals surface area (Å²) in [6.07, 6.45) is 1.73. The Bertz CT molecular complexity index is 1030. The maximum atomic E-state index is 13.1. The molecule has 0 radical (unpaired) electrons. The number of carbonyl (C=O) groups is 2. The van der Waals surface area contributed by atoms with E-state index in [0.717, 1.165) is 0 Å². The third-order valence-electron chi connectivity index (χ3n) is 5.17. The quantitative estimate of drug-likeness (QED) is 0.375. The molecular formula is C25H33ClN2O6. The van der Waals surface area contributed by atoms with Gasteiger partial charge in [0, 0.05) is 5.56 Å². The van der Waals surface area contributed by atoms with Gasteiger partial charge in [-0.25, -0.2) is 0 Å². The molecule has 0 spiro atoms. The molecule has 8 nitrogen and oxygen atoms in total. The fraction of sp³-hybridized carbons (Fsp3) is 0.360. The number of benzene rings is 2. The van der Waals surface area contributed by atoms with Crippen LogP contribution < -0.4 is 30.0 Å². The fourth-order valence-electron chi connectivity index (χ4n) is 3.19. The molecule has 0 aliphatic rings. The molecule has 0 heterocycles. The number of allylic oxidation sites excluding steroid dienone is 1. The highest BCUT2D eigenvalue weighted by molar-refractivity contribution is 6.11. The van der Waals surface area contributed by atoms with Crippen molar-refractivity contribution in [2.45, 2.75) is 26.8 Å². The van der Waals surface area contributed by atoms with E-state index in [4.69, 9.17) is 24.7 Å². The summed E-state index contributed by atoms with van der Waals surface area (Å²) in [6.45, 7) is 5.46. The predicted octanol–water partition coefficient (Wildman–Crippen LogP) is 4.35. The van der Waals surface area contributed by atoms with Crippen LogP contribution in [0.1, 0.15) is 36.7 Å². The largest absolute Gasteiger partial charge is 0.495 e. The second-order valence-corrected chi connectivity index (χ2v) is 7.79. The number of rotatable bonds is 10. The van der Waals surface area contributed by atoms with Crippen LogP contribution in [0.2, 0.25) is 0 Å². The summed E-state index contributed by atoms with van der Waals surface area (Å²) < 4.78 is 21.4. The molecule has 0 aliphatic carbocycles. The van der Waals surface area contributed by atoms with Gasteiger partial charge in [0.15, 0.2) is 17.3 Å². The summed E-state index contributed by atoms with van der Waals surface area (Å²) in [5, 5.41) is 2.81. The number of anilines is 1. The molecule has 0 unspecified atom stereocenters. The van der Waals surface area contributed by atoms with Gasteiger partial charge in [-0.05, 0) is 54.3 Å². The van der Waals surface area contributed by atoms with Crippen molar-refractivity contribution in [3.05, 3.63) is 47.0 Å². The Hall–Kier alpha value is -3.23. The lowest BCUT2D eigenvalue weighted by molar-refractivity contribution is -0.118. The van der Waals surface area contributed by atoms with E-state index in [9.17, 15) is 9.59 Å². The van der Waals surface area contributed by atoms with Crippen molar-refractivity contribution in [1.29, 1.82) is 0 Å². The van der Waals surface area contributed by atoms with Gasteiger partial charge in [0.05, 0.1) is 40.2 Å². The van der Waals surface area contributed by atoms with Gasteiger partial charge in [0.25, 0.3) is 0 Å². The van der Waals surface area contributed by atoms with Crippen LogP contribution in [-0.2, 0) is 4.79 Å². The van der Waals surface area contributed by atoms with E-state index >= 15 is 0 Å². The summed E-state index contributed by atoms with van der Waals surface area (Å²) in [5.41, 5.74) is 8.00. The van der Waals surface area contributed by atoms with Crippen molar-refractivity contribution >= 4 is 35.9 Å². The Morgan fingerprint density at radius 1 is 0.912 bits per heavy atom. The van der Waals surface area contributed by atoms with E-state index in [0.29, 0.717) is 45.4 Å². The molecule has 0 saturated heterocycles. The lowest BCUT2D eigenvalue weighted by Gasteiger charge is -2.17. The average molecular weight is 493 g/mol. The van der Waals surface area contributed by atoms with E-state index in [1.54, 1.807) is 43.3 Å². The van der Waals surface area contributed by atoms with E-state index in [-0.39, 0.29) is 30.0 Å². The fourth-order valence-corrected chi connectivity index (χ4v) is 3.19. The van der Waals surface area contributed by atoms with Crippen molar-refractivity contribution in [2.75, 3.05) is 33.8 Å². The monoisotopic (exact) mass is 492 g/mol. The minimum absolute atomic E-state index is 0.